The summed E-state index contributed by atoms with van der Waals surface area (Å²) in [5.41, 5.74) is 7.97. The summed E-state index contributed by atoms with van der Waals surface area (Å²) in [5, 5.41) is 5.20. The summed E-state index contributed by atoms with van der Waals surface area (Å²) in [6, 6.07) is 8.57. The number of benzene rings is 1. The van der Waals surface area contributed by atoms with E-state index in [0.29, 0.717) is 44.9 Å². The van der Waals surface area contributed by atoms with Crippen molar-refractivity contribution in [2.75, 3.05) is 17.2 Å². The maximum atomic E-state index is 13.2. The fourth-order valence-corrected chi connectivity index (χ4v) is 3.34. The highest BCUT2D eigenvalue weighted by Crippen LogP contribution is 2.31. The zero-order chi connectivity index (χ0) is 19.8. The van der Waals surface area contributed by atoms with Crippen LogP contribution in [0.3, 0.4) is 0 Å². The molecule has 0 bridgehead atoms. The van der Waals surface area contributed by atoms with Gasteiger partial charge in [-0.2, -0.15) is 18.6 Å². The molecule has 3 aromatic rings. The largest absolute Gasteiger partial charge is 0.384 e. The summed E-state index contributed by atoms with van der Waals surface area (Å²) >= 11 is 12.1. The third-order valence-corrected chi connectivity index (χ3v) is 5.19. The number of pyridine rings is 1. The van der Waals surface area contributed by atoms with Crippen molar-refractivity contribution < 1.29 is 4.79 Å². The Morgan fingerprint density at radius 2 is 1.93 bits per heavy atom. The lowest BCUT2D eigenvalue weighted by Gasteiger charge is -2.32. The van der Waals surface area contributed by atoms with Gasteiger partial charge < -0.3 is 10.6 Å². The molecule has 9 heteroatoms. The number of nitrogen functional groups attached to an aromatic ring is 1. The third-order valence-electron chi connectivity index (χ3n) is 4.45. The van der Waals surface area contributed by atoms with Crippen LogP contribution in [0.5, 0.6) is 0 Å². The second-order valence-corrected chi connectivity index (χ2v) is 7.25. The first-order valence-electron chi connectivity index (χ1n) is 8.52. The highest BCUT2D eigenvalue weighted by molar-refractivity contribution is 7.59. The van der Waals surface area contributed by atoms with Gasteiger partial charge in [0.1, 0.15) is 11.5 Å². The predicted octanol–water partition coefficient (Wildman–Crippen LogP) is 3.90. The Kier molecular flexibility index (Phi) is 6.08. The van der Waals surface area contributed by atoms with Gasteiger partial charge in [-0.25, -0.2) is 4.98 Å². The van der Waals surface area contributed by atoms with Crippen LogP contribution in [-0.2, 0) is 0 Å². The Balaban J connectivity index is 0.00000240. The number of carbonyl (C=O) groups is 1. The lowest BCUT2D eigenvalue weighted by Crippen LogP contribution is -2.43. The lowest BCUT2D eigenvalue weighted by atomic mass is 10.1. The monoisotopic (exact) mass is 445 g/mol. The molecule has 1 aliphatic rings. The highest BCUT2D eigenvalue weighted by Gasteiger charge is 2.33. The molecular formula is C20H17Cl2N5OS. The summed E-state index contributed by atoms with van der Waals surface area (Å²) in [5.74, 6) is 6.26. The zero-order valence-corrected chi connectivity index (χ0v) is 17.9. The number of hydrogen-bond donors (Lipinski definition) is 1. The predicted molar refractivity (Wildman–Crippen MR) is 120 cm³/mol. The molecule has 1 atom stereocenters. The first-order chi connectivity index (χ1) is 13.4. The average Bonchev–Trinajstić information content (AvgIpc) is 3.11. The van der Waals surface area contributed by atoms with Gasteiger partial charge in [-0.3, -0.25) is 9.48 Å². The van der Waals surface area contributed by atoms with Crippen molar-refractivity contribution in [3.05, 3.63) is 69.6 Å². The van der Waals surface area contributed by atoms with Crippen LogP contribution in [0.1, 0.15) is 34.6 Å². The van der Waals surface area contributed by atoms with Crippen molar-refractivity contribution in [2.24, 2.45) is 0 Å². The molecule has 4 rings (SSSR count). The number of amides is 1. The van der Waals surface area contributed by atoms with E-state index in [9.17, 15) is 4.79 Å². The van der Waals surface area contributed by atoms with Gasteiger partial charge in [-0.1, -0.05) is 35.0 Å². The van der Waals surface area contributed by atoms with Gasteiger partial charge in [0.2, 0.25) is 0 Å². The van der Waals surface area contributed by atoms with E-state index < -0.39 is 0 Å². The SMILES string of the molecule is C[C@H]1CN(c2ccc(Cl)c(Cl)c2)C(=O)c2c(C#Cc3ccc(N)nc3)cnn21.S. The number of fused-ring (bicyclic) bond motifs is 1. The van der Waals surface area contributed by atoms with E-state index in [1.807, 2.05) is 6.92 Å². The van der Waals surface area contributed by atoms with E-state index in [0.717, 1.165) is 0 Å². The van der Waals surface area contributed by atoms with Gasteiger partial charge in [0.15, 0.2) is 0 Å². The number of nitrogens with two attached hydrogens (primary N) is 1. The van der Waals surface area contributed by atoms with E-state index in [2.05, 4.69) is 21.9 Å². The number of hydrogen-bond acceptors (Lipinski definition) is 4. The molecule has 3 heterocycles. The van der Waals surface area contributed by atoms with Gasteiger partial charge >= 0.3 is 0 Å². The Morgan fingerprint density at radius 3 is 2.62 bits per heavy atom. The van der Waals surface area contributed by atoms with Crippen molar-refractivity contribution in [1.82, 2.24) is 14.8 Å². The molecule has 0 unspecified atom stereocenters. The van der Waals surface area contributed by atoms with Gasteiger partial charge in [-0.15, -0.1) is 0 Å². The minimum atomic E-state index is -0.186. The average molecular weight is 446 g/mol. The molecule has 0 saturated carbocycles. The second-order valence-electron chi connectivity index (χ2n) is 6.44. The maximum Gasteiger partial charge on any atom is 0.277 e. The summed E-state index contributed by atoms with van der Waals surface area (Å²) < 4.78 is 1.71. The van der Waals surface area contributed by atoms with E-state index in [1.165, 1.54) is 0 Å². The van der Waals surface area contributed by atoms with Gasteiger partial charge in [-0.05, 0) is 37.3 Å². The highest BCUT2D eigenvalue weighted by atomic mass is 35.5. The molecular weight excluding hydrogens is 429 g/mol. The number of rotatable bonds is 1. The minimum absolute atomic E-state index is 0. The maximum absolute atomic E-state index is 13.2. The molecule has 0 aliphatic carbocycles. The normalized spacial score (nSPS) is 15.2. The summed E-state index contributed by atoms with van der Waals surface area (Å²) in [7, 11) is 0. The fraction of sp³-hybridized carbons (Fsp3) is 0.150. The fourth-order valence-electron chi connectivity index (χ4n) is 3.05. The molecule has 2 N–H and O–H groups in total. The first kappa shape index (κ1) is 21.1. The smallest absolute Gasteiger partial charge is 0.277 e. The van der Waals surface area contributed by atoms with E-state index in [1.54, 1.807) is 52.3 Å². The van der Waals surface area contributed by atoms with Crippen LogP contribution in [0.25, 0.3) is 0 Å². The summed E-state index contributed by atoms with van der Waals surface area (Å²) in [6.07, 6.45) is 3.20. The minimum Gasteiger partial charge on any atom is -0.384 e. The Labute approximate surface area is 185 Å². The van der Waals surface area contributed by atoms with Gasteiger partial charge in [0.25, 0.3) is 5.91 Å². The van der Waals surface area contributed by atoms with Crippen LogP contribution in [0, 0.1) is 11.8 Å². The van der Waals surface area contributed by atoms with E-state index in [4.69, 9.17) is 28.9 Å². The van der Waals surface area contributed by atoms with Crippen LogP contribution in [-0.4, -0.2) is 27.2 Å². The molecule has 6 nitrogen and oxygen atoms in total. The lowest BCUT2D eigenvalue weighted by molar-refractivity contribution is 0.0953. The number of aromatic nitrogens is 3. The Morgan fingerprint density at radius 1 is 1.14 bits per heavy atom. The molecule has 0 fully saturated rings. The molecule has 0 radical (unpaired) electrons. The number of nitrogens with zero attached hydrogens (tertiary/aromatic N) is 4. The summed E-state index contributed by atoms with van der Waals surface area (Å²) in [4.78, 5) is 18.9. The van der Waals surface area contributed by atoms with Crippen molar-refractivity contribution in [2.45, 2.75) is 13.0 Å². The third kappa shape index (κ3) is 4.06. The van der Waals surface area contributed by atoms with Gasteiger partial charge in [0.05, 0.1) is 27.8 Å². The molecule has 2 aromatic heterocycles. The van der Waals surface area contributed by atoms with E-state index in [-0.39, 0.29) is 25.4 Å². The molecule has 1 aromatic carbocycles. The molecule has 29 heavy (non-hydrogen) atoms. The van der Waals surface area contributed by atoms with Crippen LogP contribution in [0.15, 0.2) is 42.7 Å². The zero-order valence-electron chi connectivity index (χ0n) is 15.4. The molecule has 0 saturated heterocycles. The second kappa shape index (κ2) is 8.37. The van der Waals surface area contributed by atoms with Crippen LogP contribution in [0.4, 0.5) is 11.5 Å². The molecule has 0 spiro atoms. The van der Waals surface area contributed by atoms with Crippen molar-refractivity contribution >= 4 is 54.1 Å². The van der Waals surface area contributed by atoms with Crippen molar-refractivity contribution in [3.8, 4) is 11.8 Å². The van der Waals surface area contributed by atoms with Crippen molar-refractivity contribution in [3.63, 3.8) is 0 Å². The summed E-state index contributed by atoms with van der Waals surface area (Å²) in [6.45, 7) is 2.47. The van der Waals surface area contributed by atoms with Gasteiger partial charge in [0, 0.05) is 24.0 Å². The molecule has 1 aliphatic heterocycles. The van der Waals surface area contributed by atoms with Crippen molar-refractivity contribution in [1.29, 1.82) is 0 Å². The number of halogens is 2. The quantitative estimate of drug-likeness (QED) is 0.576. The Bertz CT molecular complexity index is 1130. The molecule has 1 amide bonds. The number of carbonyl (C=O) groups excluding carboxylic acids is 1. The van der Waals surface area contributed by atoms with E-state index >= 15 is 0 Å². The number of anilines is 2. The topological polar surface area (TPSA) is 77.0 Å². The first-order valence-corrected chi connectivity index (χ1v) is 9.27. The molecule has 148 valence electrons. The Hall–Kier alpha value is -2.66. The van der Waals surface area contributed by atoms with Crippen LogP contribution < -0.4 is 10.6 Å². The van der Waals surface area contributed by atoms with Crippen LogP contribution >= 0.6 is 36.7 Å². The van der Waals surface area contributed by atoms with Crippen LogP contribution in [0.2, 0.25) is 10.0 Å². The standard InChI is InChI=1S/C20H15Cl2N5O.H2S/c1-12-11-26(15-5-6-16(21)17(22)8-15)20(28)19-14(10-25-27(12)19)4-2-13-3-7-18(23)24-9-13;/h3,5-10,12H,11H2,1H3,(H2,23,24);1H2/t12-;/m0./s1.